The van der Waals surface area contributed by atoms with Gasteiger partial charge in [0.15, 0.2) is 0 Å². The Morgan fingerprint density at radius 1 is 1.21 bits per heavy atom. The van der Waals surface area contributed by atoms with Crippen molar-refractivity contribution in [1.29, 1.82) is 0 Å². The van der Waals surface area contributed by atoms with Crippen molar-refractivity contribution in [3.05, 3.63) is 0 Å². The number of Topliss-reactive ketones (excluding diaryl/α,β-unsaturated/α-hetero) is 1. The molecular formula is C11H20N2O5S. The number of nitrogens with zero attached hydrogens (tertiary/aromatic N) is 2. The highest BCUT2D eigenvalue weighted by Crippen LogP contribution is 2.19. The fraction of sp³-hybridized carbons (Fsp3) is 0.818. The standard InChI is InChI=1S/C11H20N2O5S/c1-9(14)8-12-6-5-7-13(19(12,16)17)10(15)18-11(2,3)4/h5-8H2,1-4H3. The second kappa shape index (κ2) is 5.46. The van der Waals surface area contributed by atoms with Gasteiger partial charge in [0.05, 0.1) is 6.54 Å². The smallest absolute Gasteiger partial charge is 0.425 e. The fourth-order valence-electron chi connectivity index (χ4n) is 1.67. The molecule has 110 valence electrons. The van der Waals surface area contributed by atoms with Crippen molar-refractivity contribution in [3.63, 3.8) is 0 Å². The van der Waals surface area contributed by atoms with Gasteiger partial charge in [-0.2, -0.15) is 17.0 Å². The number of carbonyl (C=O) groups is 2. The molecule has 0 radical (unpaired) electrons. The third-order valence-electron chi connectivity index (χ3n) is 2.37. The highest BCUT2D eigenvalue weighted by Gasteiger charge is 2.39. The van der Waals surface area contributed by atoms with Crippen LogP contribution < -0.4 is 0 Å². The molecule has 1 rings (SSSR count). The van der Waals surface area contributed by atoms with Crippen LogP contribution in [-0.2, 0) is 19.7 Å². The Balaban J connectivity index is 2.90. The van der Waals surface area contributed by atoms with Gasteiger partial charge >= 0.3 is 16.3 Å². The minimum absolute atomic E-state index is 0.0751. The summed E-state index contributed by atoms with van der Waals surface area (Å²) in [7, 11) is -3.96. The highest BCUT2D eigenvalue weighted by atomic mass is 32.2. The molecule has 0 aromatic rings. The first-order valence-corrected chi connectivity index (χ1v) is 7.44. The molecule has 1 heterocycles. The average Bonchev–Trinajstić information content (AvgIpc) is 2.17. The summed E-state index contributed by atoms with van der Waals surface area (Å²) in [5.41, 5.74) is -0.768. The lowest BCUT2D eigenvalue weighted by Crippen LogP contribution is -2.54. The number of amides is 1. The van der Waals surface area contributed by atoms with Gasteiger partial charge < -0.3 is 4.74 Å². The second-order valence-electron chi connectivity index (χ2n) is 5.45. The van der Waals surface area contributed by atoms with Crippen LogP contribution in [-0.4, -0.2) is 54.1 Å². The Morgan fingerprint density at radius 2 is 1.79 bits per heavy atom. The molecule has 0 aromatic carbocycles. The third-order valence-corrected chi connectivity index (χ3v) is 4.22. The molecule has 1 saturated heterocycles. The van der Waals surface area contributed by atoms with Crippen LogP contribution >= 0.6 is 0 Å². The lowest BCUT2D eigenvalue weighted by molar-refractivity contribution is -0.117. The quantitative estimate of drug-likeness (QED) is 0.750. The van der Waals surface area contributed by atoms with Gasteiger partial charge in [-0.3, -0.25) is 4.79 Å². The number of hydrogen-bond acceptors (Lipinski definition) is 5. The predicted molar refractivity (Wildman–Crippen MR) is 68.7 cm³/mol. The van der Waals surface area contributed by atoms with Crippen molar-refractivity contribution in [2.24, 2.45) is 0 Å². The van der Waals surface area contributed by atoms with Crippen molar-refractivity contribution in [1.82, 2.24) is 8.61 Å². The fourth-order valence-corrected chi connectivity index (χ4v) is 3.24. The lowest BCUT2D eigenvalue weighted by Gasteiger charge is -2.34. The van der Waals surface area contributed by atoms with Crippen molar-refractivity contribution in [2.75, 3.05) is 19.6 Å². The van der Waals surface area contributed by atoms with E-state index < -0.39 is 21.9 Å². The number of hydrogen-bond donors (Lipinski definition) is 0. The van der Waals surface area contributed by atoms with E-state index in [1.165, 1.54) is 6.92 Å². The van der Waals surface area contributed by atoms with Crippen LogP contribution in [0.4, 0.5) is 4.79 Å². The van der Waals surface area contributed by atoms with Gasteiger partial charge in [0.1, 0.15) is 11.4 Å². The molecule has 1 aliphatic rings. The molecule has 0 unspecified atom stereocenters. The summed E-state index contributed by atoms with van der Waals surface area (Å²) in [4.78, 5) is 22.9. The van der Waals surface area contributed by atoms with Crippen LogP contribution in [0, 0.1) is 0 Å². The number of ether oxygens (including phenoxy) is 1. The summed E-state index contributed by atoms with van der Waals surface area (Å²) in [6.07, 6.45) is -0.424. The van der Waals surface area contributed by atoms with E-state index >= 15 is 0 Å². The molecule has 0 atom stereocenters. The molecule has 0 aromatic heterocycles. The van der Waals surface area contributed by atoms with Gasteiger partial charge in [0.2, 0.25) is 0 Å². The number of rotatable bonds is 2. The number of ketones is 1. The Labute approximate surface area is 113 Å². The summed E-state index contributed by atoms with van der Waals surface area (Å²) in [6, 6.07) is 0. The minimum atomic E-state index is -3.96. The van der Waals surface area contributed by atoms with E-state index in [1.807, 2.05) is 0 Å². The topological polar surface area (TPSA) is 84.0 Å². The molecule has 0 spiro atoms. The molecule has 0 saturated carbocycles. The Bertz CT molecular complexity index is 466. The largest absolute Gasteiger partial charge is 0.443 e. The number of carbonyl (C=O) groups excluding carboxylic acids is 2. The molecule has 0 bridgehead atoms. The maximum atomic E-state index is 12.2. The van der Waals surface area contributed by atoms with Crippen LogP contribution in [0.15, 0.2) is 0 Å². The zero-order valence-corrected chi connectivity index (χ0v) is 12.5. The molecular weight excluding hydrogens is 272 g/mol. The van der Waals surface area contributed by atoms with Crippen LogP contribution in [0.1, 0.15) is 34.1 Å². The summed E-state index contributed by atoms with van der Waals surface area (Å²) in [5, 5.41) is 0. The Kier molecular flexibility index (Phi) is 4.57. The zero-order chi connectivity index (χ0) is 14.8. The molecule has 8 heteroatoms. The lowest BCUT2D eigenvalue weighted by atomic mass is 10.2. The second-order valence-corrected chi connectivity index (χ2v) is 7.30. The highest BCUT2D eigenvalue weighted by molar-refractivity contribution is 7.87. The first kappa shape index (κ1) is 15.9. The van der Waals surface area contributed by atoms with E-state index in [0.717, 1.165) is 4.31 Å². The van der Waals surface area contributed by atoms with Gasteiger partial charge in [0.25, 0.3) is 0 Å². The molecule has 0 aliphatic carbocycles. The van der Waals surface area contributed by atoms with Crippen LogP contribution in [0.5, 0.6) is 0 Å². The normalized spacial score (nSPS) is 20.1. The molecule has 19 heavy (non-hydrogen) atoms. The van der Waals surface area contributed by atoms with Crippen molar-refractivity contribution in [3.8, 4) is 0 Å². The Morgan fingerprint density at radius 3 is 2.26 bits per heavy atom. The summed E-state index contributed by atoms with van der Waals surface area (Å²) in [5.74, 6) is -0.269. The molecule has 1 fully saturated rings. The van der Waals surface area contributed by atoms with Crippen LogP contribution in [0.3, 0.4) is 0 Å². The first-order chi connectivity index (χ1) is 8.54. The zero-order valence-electron chi connectivity index (χ0n) is 11.7. The van der Waals surface area contributed by atoms with E-state index in [4.69, 9.17) is 4.74 Å². The van der Waals surface area contributed by atoms with Crippen molar-refractivity contribution < 1.29 is 22.7 Å². The van der Waals surface area contributed by atoms with E-state index in [1.54, 1.807) is 20.8 Å². The summed E-state index contributed by atoms with van der Waals surface area (Å²) < 4.78 is 31.1. The van der Waals surface area contributed by atoms with Crippen molar-refractivity contribution >= 4 is 22.1 Å². The van der Waals surface area contributed by atoms with Gasteiger partial charge in [0, 0.05) is 13.1 Å². The van der Waals surface area contributed by atoms with E-state index in [-0.39, 0.29) is 25.4 Å². The average molecular weight is 292 g/mol. The SMILES string of the molecule is CC(=O)CN1CCCN(C(=O)OC(C)(C)C)S1(=O)=O. The van der Waals surface area contributed by atoms with E-state index in [0.29, 0.717) is 10.7 Å². The maximum Gasteiger partial charge on any atom is 0.425 e. The predicted octanol–water partition coefficient (Wildman–Crippen LogP) is 0.763. The van der Waals surface area contributed by atoms with Crippen LogP contribution in [0.2, 0.25) is 0 Å². The summed E-state index contributed by atoms with van der Waals surface area (Å²) in [6.45, 7) is 6.38. The molecule has 1 aliphatic heterocycles. The maximum absolute atomic E-state index is 12.2. The van der Waals surface area contributed by atoms with Crippen LogP contribution in [0.25, 0.3) is 0 Å². The monoisotopic (exact) mass is 292 g/mol. The molecule has 1 amide bonds. The third kappa shape index (κ3) is 4.17. The van der Waals surface area contributed by atoms with Crippen molar-refractivity contribution in [2.45, 2.75) is 39.7 Å². The molecule has 0 N–H and O–H groups in total. The first-order valence-electron chi connectivity index (χ1n) is 6.04. The Hall–Kier alpha value is -1.15. The van der Waals surface area contributed by atoms with E-state index in [2.05, 4.69) is 0 Å². The van der Waals surface area contributed by atoms with Gasteiger partial charge in [-0.25, -0.2) is 4.79 Å². The molecule has 7 nitrogen and oxygen atoms in total. The minimum Gasteiger partial charge on any atom is -0.443 e. The van der Waals surface area contributed by atoms with Gasteiger partial charge in [-0.15, -0.1) is 0 Å². The van der Waals surface area contributed by atoms with E-state index in [9.17, 15) is 18.0 Å². The van der Waals surface area contributed by atoms with Gasteiger partial charge in [-0.05, 0) is 34.1 Å². The van der Waals surface area contributed by atoms with Gasteiger partial charge in [-0.1, -0.05) is 0 Å². The summed E-state index contributed by atoms with van der Waals surface area (Å²) >= 11 is 0.